The number of aliphatic hydroxyl groups excluding tert-OH is 1. The Hall–Kier alpha value is -1.40. The van der Waals surface area contributed by atoms with Gasteiger partial charge in [0, 0.05) is 18.6 Å². The Morgan fingerprint density at radius 2 is 2.15 bits per heavy atom. The molecule has 0 aliphatic rings. The van der Waals surface area contributed by atoms with E-state index in [0.29, 0.717) is 6.42 Å². The largest absolute Gasteiger partial charge is 0.434 e. The molecule has 1 atom stereocenters. The third kappa shape index (κ3) is 4.94. The average molecular weight is 308 g/mol. The molecule has 0 fully saturated rings. The first kappa shape index (κ1) is 16.7. The van der Waals surface area contributed by atoms with E-state index < -0.39 is 18.6 Å². The average Bonchev–Trinajstić information content (AvgIpc) is 2.36. The van der Waals surface area contributed by atoms with Crippen molar-refractivity contribution < 1.29 is 23.4 Å². The fraction of sp³-hybridized carbons (Fsp3) is 0.462. The van der Waals surface area contributed by atoms with Crippen LogP contribution in [0.2, 0.25) is 5.02 Å². The highest BCUT2D eigenvalue weighted by Crippen LogP contribution is 2.25. The topological polar surface area (TPSA) is 49.8 Å². The number of hydrogen-bond acceptors (Lipinski definition) is 3. The summed E-state index contributed by atoms with van der Waals surface area (Å²) < 4.78 is 28.9. The Morgan fingerprint density at radius 1 is 1.50 bits per heavy atom. The number of alkyl halides is 2. The summed E-state index contributed by atoms with van der Waals surface area (Å²) in [6.07, 6.45) is -0.171. The van der Waals surface area contributed by atoms with Crippen molar-refractivity contribution in [2.45, 2.75) is 26.1 Å². The van der Waals surface area contributed by atoms with Gasteiger partial charge in [0.25, 0.3) is 5.91 Å². The molecule has 0 heterocycles. The van der Waals surface area contributed by atoms with E-state index >= 15 is 0 Å². The van der Waals surface area contributed by atoms with E-state index in [-0.39, 0.29) is 22.9 Å². The molecule has 7 heteroatoms. The molecule has 1 aromatic carbocycles. The summed E-state index contributed by atoms with van der Waals surface area (Å²) in [5.41, 5.74) is -0.0362. The highest BCUT2D eigenvalue weighted by atomic mass is 35.5. The zero-order valence-electron chi connectivity index (χ0n) is 11.1. The summed E-state index contributed by atoms with van der Waals surface area (Å²) in [6, 6.07) is 3.87. The van der Waals surface area contributed by atoms with Crippen molar-refractivity contribution in [3.05, 3.63) is 28.8 Å². The monoisotopic (exact) mass is 307 g/mol. The number of hydrogen-bond donors (Lipinski definition) is 1. The highest BCUT2D eigenvalue weighted by molar-refractivity contribution is 6.31. The van der Waals surface area contributed by atoms with Crippen molar-refractivity contribution in [2.24, 2.45) is 0 Å². The minimum atomic E-state index is -3.02. The van der Waals surface area contributed by atoms with Crippen molar-refractivity contribution in [1.29, 1.82) is 0 Å². The Balaban J connectivity index is 2.92. The lowest BCUT2D eigenvalue weighted by molar-refractivity contribution is -0.0502. The summed E-state index contributed by atoms with van der Waals surface area (Å²) in [7, 11) is 1.51. The van der Waals surface area contributed by atoms with E-state index in [2.05, 4.69) is 4.74 Å². The molecule has 0 spiro atoms. The predicted octanol–water partition coefficient (Wildman–Crippen LogP) is 2.78. The molecule has 0 bridgehead atoms. The molecule has 1 rings (SSSR count). The molecule has 20 heavy (non-hydrogen) atoms. The maximum absolute atomic E-state index is 12.3. The summed E-state index contributed by atoms with van der Waals surface area (Å²) >= 11 is 5.78. The maximum Gasteiger partial charge on any atom is 0.387 e. The van der Waals surface area contributed by atoms with Crippen molar-refractivity contribution in [3.8, 4) is 5.75 Å². The fourth-order valence-corrected chi connectivity index (χ4v) is 1.73. The van der Waals surface area contributed by atoms with Gasteiger partial charge in [-0.3, -0.25) is 4.79 Å². The lowest BCUT2D eigenvalue weighted by atomic mass is 10.1. The zero-order chi connectivity index (χ0) is 15.3. The number of carbonyl (C=O) groups excluding carboxylic acids is 1. The van der Waals surface area contributed by atoms with E-state index in [4.69, 9.17) is 11.6 Å². The van der Waals surface area contributed by atoms with Gasteiger partial charge in [-0.25, -0.2) is 0 Å². The molecular weight excluding hydrogens is 292 g/mol. The number of ether oxygens (including phenoxy) is 1. The summed E-state index contributed by atoms with van der Waals surface area (Å²) in [4.78, 5) is 13.5. The first-order valence-corrected chi connectivity index (χ1v) is 6.37. The molecule has 4 nitrogen and oxygen atoms in total. The minimum absolute atomic E-state index is 0.0362. The Labute approximate surface area is 120 Å². The van der Waals surface area contributed by atoms with Gasteiger partial charge in [-0.2, -0.15) is 8.78 Å². The Bertz CT molecular complexity index is 469. The molecule has 0 aliphatic carbocycles. The lowest BCUT2D eigenvalue weighted by Gasteiger charge is -2.19. The van der Waals surface area contributed by atoms with E-state index in [9.17, 15) is 18.7 Å². The quantitative estimate of drug-likeness (QED) is 0.879. The number of nitrogens with zero attached hydrogens (tertiary/aromatic N) is 1. The van der Waals surface area contributed by atoms with Gasteiger partial charge in [0.1, 0.15) is 5.75 Å². The maximum atomic E-state index is 12.3. The van der Waals surface area contributed by atoms with Gasteiger partial charge in [0.2, 0.25) is 0 Å². The predicted molar refractivity (Wildman–Crippen MR) is 71.3 cm³/mol. The van der Waals surface area contributed by atoms with E-state index in [1.807, 2.05) is 0 Å². The lowest BCUT2D eigenvalue weighted by Crippen LogP contribution is -2.30. The molecule has 112 valence electrons. The summed E-state index contributed by atoms with van der Waals surface area (Å²) in [6.45, 7) is -1.13. The molecule has 1 amide bonds. The second-order valence-corrected chi connectivity index (χ2v) is 4.82. The van der Waals surface area contributed by atoms with Gasteiger partial charge in [-0.1, -0.05) is 11.6 Å². The van der Waals surface area contributed by atoms with Crippen molar-refractivity contribution >= 4 is 17.5 Å². The number of amides is 1. The van der Waals surface area contributed by atoms with Gasteiger partial charge in [0.15, 0.2) is 0 Å². The number of benzene rings is 1. The van der Waals surface area contributed by atoms with Crippen LogP contribution in [0.5, 0.6) is 5.75 Å². The van der Waals surface area contributed by atoms with Crippen LogP contribution in [0.1, 0.15) is 23.7 Å². The Kier molecular flexibility index (Phi) is 6.16. The molecular formula is C13H16ClF2NO3. The van der Waals surface area contributed by atoms with Crippen LogP contribution >= 0.6 is 11.6 Å². The fourth-order valence-electron chi connectivity index (χ4n) is 1.56. The second kappa shape index (κ2) is 7.40. The van der Waals surface area contributed by atoms with Crippen LogP contribution in [0.4, 0.5) is 8.78 Å². The van der Waals surface area contributed by atoms with Crippen LogP contribution in [-0.4, -0.2) is 42.2 Å². The third-order valence-electron chi connectivity index (χ3n) is 2.62. The molecule has 0 aromatic heterocycles. The SMILES string of the molecule is CC(O)CCN(C)C(=O)c1cc(Cl)ccc1OC(F)F. The standard InChI is InChI=1S/C13H16ClF2NO3/c1-8(18)5-6-17(2)12(19)10-7-9(14)3-4-11(10)20-13(15)16/h3-4,7-8,13,18H,5-6H2,1-2H3. The second-order valence-electron chi connectivity index (χ2n) is 4.38. The first-order valence-electron chi connectivity index (χ1n) is 5.99. The van der Waals surface area contributed by atoms with Crippen molar-refractivity contribution in [2.75, 3.05) is 13.6 Å². The van der Waals surface area contributed by atoms with E-state index in [1.165, 1.54) is 30.1 Å². The van der Waals surface area contributed by atoms with Crippen LogP contribution in [0.15, 0.2) is 18.2 Å². The normalized spacial score (nSPS) is 12.3. The van der Waals surface area contributed by atoms with Crippen LogP contribution in [-0.2, 0) is 0 Å². The first-order chi connectivity index (χ1) is 9.31. The van der Waals surface area contributed by atoms with E-state index in [0.717, 1.165) is 0 Å². The molecule has 0 saturated heterocycles. The van der Waals surface area contributed by atoms with Crippen molar-refractivity contribution in [3.63, 3.8) is 0 Å². The number of rotatable bonds is 6. The van der Waals surface area contributed by atoms with Gasteiger partial charge in [0.05, 0.1) is 11.7 Å². The third-order valence-corrected chi connectivity index (χ3v) is 2.85. The van der Waals surface area contributed by atoms with Gasteiger partial charge in [-0.05, 0) is 31.5 Å². The van der Waals surface area contributed by atoms with Crippen LogP contribution in [0, 0.1) is 0 Å². The van der Waals surface area contributed by atoms with E-state index in [1.54, 1.807) is 6.92 Å². The number of halogens is 3. The molecule has 1 N–H and O–H groups in total. The van der Waals surface area contributed by atoms with Gasteiger partial charge in [-0.15, -0.1) is 0 Å². The van der Waals surface area contributed by atoms with Crippen LogP contribution < -0.4 is 4.74 Å². The highest BCUT2D eigenvalue weighted by Gasteiger charge is 2.19. The summed E-state index contributed by atoms with van der Waals surface area (Å²) in [5, 5.41) is 9.44. The molecule has 0 radical (unpaired) electrons. The van der Waals surface area contributed by atoms with Crippen LogP contribution in [0.3, 0.4) is 0 Å². The molecule has 0 aliphatic heterocycles. The van der Waals surface area contributed by atoms with Gasteiger partial charge >= 0.3 is 6.61 Å². The van der Waals surface area contributed by atoms with Crippen LogP contribution in [0.25, 0.3) is 0 Å². The Morgan fingerprint density at radius 3 is 2.70 bits per heavy atom. The molecule has 0 saturated carbocycles. The zero-order valence-corrected chi connectivity index (χ0v) is 11.9. The summed E-state index contributed by atoms with van der Waals surface area (Å²) in [5.74, 6) is -0.720. The van der Waals surface area contributed by atoms with Gasteiger partial charge < -0.3 is 14.7 Å². The smallest absolute Gasteiger partial charge is 0.387 e. The number of carbonyl (C=O) groups is 1. The molecule has 1 unspecified atom stereocenters. The van der Waals surface area contributed by atoms with Crippen molar-refractivity contribution in [1.82, 2.24) is 4.90 Å². The molecule has 1 aromatic rings. The minimum Gasteiger partial charge on any atom is -0.434 e. The number of aliphatic hydroxyl groups is 1.